The summed E-state index contributed by atoms with van der Waals surface area (Å²) < 4.78 is 6.03. The van der Waals surface area contributed by atoms with E-state index in [1.54, 1.807) is 24.3 Å². The van der Waals surface area contributed by atoms with E-state index in [9.17, 15) is 9.59 Å². The van der Waals surface area contributed by atoms with Gasteiger partial charge in [0.2, 0.25) is 5.91 Å². The van der Waals surface area contributed by atoms with Gasteiger partial charge >= 0.3 is 0 Å². The number of aryl methyl sites for hydroxylation is 1. The molecule has 2 amide bonds. The molecule has 1 unspecified atom stereocenters. The minimum Gasteiger partial charge on any atom is -0.481 e. The molecule has 0 aliphatic carbocycles. The Labute approximate surface area is 224 Å². The normalized spacial score (nSPS) is 11.7. The van der Waals surface area contributed by atoms with Gasteiger partial charge < -0.3 is 15.8 Å². The van der Waals surface area contributed by atoms with Crippen molar-refractivity contribution in [1.29, 1.82) is 0 Å². The molecule has 0 saturated heterocycles. The maximum atomic E-state index is 12.8. The zero-order valence-corrected chi connectivity index (χ0v) is 23.1. The highest BCUT2D eigenvalue weighted by Crippen LogP contribution is 2.20. The van der Waals surface area contributed by atoms with Crippen LogP contribution in [0.4, 0.5) is 5.69 Å². The molecule has 0 aliphatic heterocycles. The number of ether oxygens (including phenoxy) is 1. The summed E-state index contributed by atoms with van der Waals surface area (Å²) >= 11 is 0. The Hall–Kier alpha value is -2.82. The number of rotatable bonds is 20. The highest BCUT2D eigenvalue weighted by Gasteiger charge is 2.19. The number of benzene rings is 2. The van der Waals surface area contributed by atoms with Gasteiger partial charge in [-0.1, -0.05) is 109 Å². The van der Waals surface area contributed by atoms with Crippen molar-refractivity contribution in [3.8, 4) is 5.75 Å². The number of hydrogen-bond donors (Lipinski definition) is 2. The van der Waals surface area contributed by atoms with Crippen LogP contribution in [0, 0.1) is 0 Å². The summed E-state index contributed by atoms with van der Waals surface area (Å²) in [5.74, 6) is -0.0641. The predicted octanol–water partition coefficient (Wildman–Crippen LogP) is 8.22. The Morgan fingerprint density at radius 3 is 1.97 bits per heavy atom. The van der Waals surface area contributed by atoms with Gasteiger partial charge in [0.25, 0.3) is 5.91 Å². The first-order chi connectivity index (χ1) is 18.0. The fourth-order valence-corrected chi connectivity index (χ4v) is 4.58. The molecule has 0 saturated carbocycles. The van der Waals surface area contributed by atoms with Crippen molar-refractivity contribution in [1.82, 2.24) is 0 Å². The Morgan fingerprint density at radius 2 is 1.38 bits per heavy atom. The molecule has 2 aromatic carbocycles. The summed E-state index contributed by atoms with van der Waals surface area (Å²) in [4.78, 5) is 24.2. The Balaban J connectivity index is 1.65. The number of nitrogens with one attached hydrogen (secondary N) is 1. The van der Waals surface area contributed by atoms with Crippen molar-refractivity contribution in [2.24, 2.45) is 5.73 Å². The number of carbonyl (C=O) groups is 2. The van der Waals surface area contributed by atoms with Gasteiger partial charge in [-0.15, -0.1) is 0 Å². The third-order valence-corrected chi connectivity index (χ3v) is 6.82. The molecule has 3 N–H and O–H groups in total. The molecule has 37 heavy (non-hydrogen) atoms. The van der Waals surface area contributed by atoms with Crippen LogP contribution in [0.2, 0.25) is 0 Å². The number of primary amides is 1. The van der Waals surface area contributed by atoms with Gasteiger partial charge in [0, 0.05) is 11.3 Å². The van der Waals surface area contributed by atoms with Gasteiger partial charge in [0.1, 0.15) is 5.75 Å². The molecule has 2 aromatic rings. The SMILES string of the molecule is CCCCCCCCCCCCCCCc1cccc(OC(CC)C(=O)Nc2cccc(C(N)=O)c2)c1. The van der Waals surface area contributed by atoms with Crippen molar-refractivity contribution in [2.45, 2.75) is 116 Å². The minimum absolute atomic E-state index is 0.244. The lowest BCUT2D eigenvalue weighted by Crippen LogP contribution is -2.32. The first kappa shape index (κ1) is 30.4. The summed E-state index contributed by atoms with van der Waals surface area (Å²) in [5, 5.41) is 2.83. The van der Waals surface area contributed by atoms with Crippen molar-refractivity contribution >= 4 is 17.5 Å². The monoisotopic (exact) mass is 508 g/mol. The highest BCUT2D eigenvalue weighted by atomic mass is 16.5. The van der Waals surface area contributed by atoms with E-state index in [4.69, 9.17) is 10.5 Å². The van der Waals surface area contributed by atoms with Crippen molar-refractivity contribution in [2.75, 3.05) is 5.32 Å². The number of nitrogens with two attached hydrogens (primary N) is 1. The lowest BCUT2D eigenvalue weighted by atomic mass is 10.0. The lowest BCUT2D eigenvalue weighted by Gasteiger charge is -2.18. The lowest BCUT2D eigenvalue weighted by molar-refractivity contribution is -0.122. The zero-order valence-electron chi connectivity index (χ0n) is 23.1. The van der Waals surface area contributed by atoms with Gasteiger partial charge in [-0.2, -0.15) is 0 Å². The molecule has 5 heteroatoms. The second-order valence-corrected chi connectivity index (χ2v) is 10.1. The number of unbranched alkanes of at least 4 members (excludes halogenated alkanes) is 12. The van der Waals surface area contributed by atoms with Crippen LogP contribution in [0.25, 0.3) is 0 Å². The van der Waals surface area contributed by atoms with Gasteiger partial charge in [0.15, 0.2) is 6.10 Å². The van der Waals surface area contributed by atoms with Crippen LogP contribution >= 0.6 is 0 Å². The molecule has 0 aromatic heterocycles. The molecule has 0 radical (unpaired) electrons. The van der Waals surface area contributed by atoms with Crippen LogP contribution in [-0.2, 0) is 11.2 Å². The summed E-state index contributed by atoms with van der Waals surface area (Å²) in [6.45, 7) is 4.19. The largest absolute Gasteiger partial charge is 0.481 e. The zero-order chi connectivity index (χ0) is 26.7. The Kier molecular flexibility index (Phi) is 15.1. The highest BCUT2D eigenvalue weighted by molar-refractivity contribution is 5.97. The van der Waals surface area contributed by atoms with Gasteiger partial charge in [-0.25, -0.2) is 0 Å². The van der Waals surface area contributed by atoms with Crippen molar-refractivity contribution in [3.63, 3.8) is 0 Å². The fourth-order valence-electron chi connectivity index (χ4n) is 4.58. The molecule has 2 rings (SSSR count). The molecular formula is C32H48N2O3. The molecule has 0 bridgehead atoms. The number of amides is 2. The number of carbonyl (C=O) groups excluding carboxylic acids is 2. The maximum absolute atomic E-state index is 12.8. The third kappa shape index (κ3) is 12.8. The summed E-state index contributed by atoms with van der Waals surface area (Å²) in [5.41, 5.74) is 7.46. The minimum atomic E-state index is -0.621. The van der Waals surface area contributed by atoms with E-state index in [-0.39, 0.29) is 5.91 Å². The smallest absolute Gasteiger partial charge is 0.265 e. The molecule has 0 fully saturated rings. The number of hydrogen-bond acceptors (Lipinski definition) is 3. The van der Waals surface area contributed by atoms with Crippen LogP contribution < -0.4 is 15.8 Å². The summed E-state index contributed by atoms with van der Waals surface area (Å²) in [6.07, 6.45) is 18.5. The predicted molar refractivity (Wildman–Crippen MR) is 154 cm³/mol. The average Bonchev–Trinajstić information content (AvgIpc) is 2.90. The van der Waals surface area contributed by atoms with Crippen LogP contribution in [-0.4, -0.2) is 17.9 Å². The molecular weight excluding hydrogens is 460 g/mol. The van der Waals surface area contributed by atoms with Gasteiger partial charge in [0.05, 0.1) is 0 Å². The second-order valence-electron chi connectivity index (χ2n) is 10.1. The first-order valence-electron chi connectivity index (χ1n) is 14.5. The number of anilines is 1. The van der Waals surface area contributed by atoms with Crippen LogP contribution in [0.5, 0.6) is 5.75 Å². The summed E-state index contributed by atoms with van der Waals surface area (Å²) in [6, 6.07) is 14.7. The molecule has 1 atom stereocenters. The van der Waals surface area contributed by atoms with E-state index in [0.29, 0.717) is 23.4 Å². The van der Waals surface area contributed by atoms with E-state index in [1.165, 1.54) is 89.0 Å². The van der Waals surface area contributed by atoms with Crippen molar-refractivity contribution in [3.05, 3.63) is 59.7 Å². The van der Waals surface area contributed by atoms with E-state index in [2.05, 4.69) is 18.3 Å². The van der Waals surface area contributed by atoms with Crippen LogP contribution in [0.1, 0.15) is 120 Å². The van der Waals surface area contributed by atoms with Crippen LogP contribution in [0.3, 0.4) is 0 Å². The molecule has 0 spiro atoms. The standard InChI is InChI=1S/C32H48N2O3/c1-3-5-6-7-8-9-10-11-12-13-14-15-16-19-26-20-17-23-29(24-26)37-30(4-2)32(36)34-28-22-18-21-27(25-28)31(33)35/h17-18,20-25,30H,3-16,19H2,1-2H3,(H2,33,35)(H,34,36). The Bertz CT molecular complexity index is 928. The topological polar surface area (TPSA) is 81.4 Å². The quantitative estimate of drug-likeness (QED) is 0.177. The molecule has 0 aliphatic rings. The van der Waals surface area contributed by atoms with Crippen LogP contribution in [0.15, 0.2) is 48.5 Å². The first-order valence-corrected chi connectivity index (χ1v) is 14.5. The average molecular weight is 509 g/mol. The summed E-state index contributed by atoms with van der Waals surface area (Å²) in [7, 11) is 0. The Morgan fingerprint density at radius 1 is 0.784 bits per heavy atom. The van der Waals surface area contributed by atoms with E-state index >= 15 is 0 Å². The van der Waals surface area contributed by atoms with E-state index < -0.39 is 12.0 Å². The third-order valence-electron chi connectivity index (χ3n) is 6.82. The maximum Gasteiger partial charge on any atom is 0.265 e. The second kappa shape index (κ2) is 18.4. The van der Waals surface area contributed by atoms with E-state index in [1.807, 2.05) is 25.1 Å². The molecule has 204 valence electrons. The molecule has 5 nitrogen and oxygen atoms in total. The molecule has 0 heterocycles. The van der Waals surface area contributed by atoms with Gasteiger partial charge in [-0.05, 0) is 55.2 Å². The van der Waals surface area contributed by atoms with E-state index in [0.717, 1.165) is 6.42 Å². The van der Waals surface area contributed by atoms with Crippen molar-refractivity contribution < 1.29 is 14.3 Å². The van der Waals surface area contributed by atoms with Gasteiger partial charge in [-0.3, -0.25) is 9.59 Å². The fraction of sp³-hybridized carbons (Fsp3) is 0.562.